The van der Waals surface area contributed by atoms with Crippen molar-refractivity contribution >= 4 is 34.3 Å². The van der Waals surface area contributed by atoms with Crippen molar-refractivity contribution in [1.82, 2.24) is 4.37 Å². The first-order valence-corrected chi connectivity index (χ1v) is 8.23. The topological polar surface area (TPSA) is 51.2 Å². The summed E-state index contributed by atoms with van der Waals surface area (Å²) in [6, 6.07) is 0. The van der Waals surface area contributed by atoms with E-state index in [0.717, 1.165) is 23.7 Å². The van der Waals surface area contributed by atoms with Crippen molar-refractivity contribution in [2.75, 3.05) is 30.5 Å². The zero-order valence-corrected chi connectivity index (χ0v) is 12.7. The SMILES string of the molecule is CCOC(=O)c1c(C)nsc1NCCCCSC. The number of esters is 1. The highest BCUT2D eigenvalue weighted by Crippen LogP contribution is 2.25. The van der Waals surface area contributed by atoms with Crippen molar-refractivity contribution in [3.63, 3.8) is 0 Å². The van der Waals surface area contributed by atoms with Gasteiger partial charge in [0.1, 0.15) is 10.6 Å². The molecule has 18 heavy (non-hydrogen) atoms. The largest absolute Gasteiger partial charge is 0.462 e. The maximum atomic E-state index is 11.8. The first-order valence-electron chi connectivity index (χ1n) is 6.06. The second-order valence-electron chi connectivity index (χ2n) is 3.82. The second kappa shape index (κ2) is 8.37. The number of hydrogen-bond acceptors (Lipinski definition) is 6. The minimum atomic E-state index is -0.282. The Labute approximate surface area is 117 Å². The Balaban J connectivity index is 2.52. The second-order valence-corrected chi connectivity index (χ2v) is 5.58. The fourth-order valence-electron chi connectivity index (χ4n) is 1.51. The van der Waals surface area contributed by atoms with Gasteiger partial charge in [-0.3, -0.25) is 0 Å². The zero-order chi connectivity index (χ0) is 13.4. The summed E-state index contributed by atoms with van der Waals surface area (Å²) in [5.74, 6) is 0.893. The molecule has 1 aromatic rings. The van der Waals surface area contributed by atoms with E-state index in [2.05, 4.69) is 15.9 Å². The molecule has 0 saturated carbocycles. The number of carbonyl (C=O) groups is 1. The van der Waals surface area contributed by atoms with E-state index in [9.17, 15) is 4.79 Å². The van der Waals surface area contributed by atoms with Crippen molar-refractivity contribution < 1.29 is 9.53 Å². The predicted octanol–water partition coefficient (Wildman–Crippen LogP) is 3.18. The molecule has 0 aromatic carbocycles. The first kappa shape index (κ1) is 15.3. The smallest absolute Gasteiger partial charge is 0.343 e. The lowest BCUT2D eigenvalue weighted by molar-refractivity contribution is 0.0527. The van der Waals surface area contributed by atoms with Gasteiger partial charge in [-0.2, -0.15) is 16.1 Å². The molecule has 0 unspecified atom stereocenters. The number of unbranched alkanes of at least 4 members (excludes halogenated alkanes) is 1. The van der Waals surface area contributed by atoms with Crippen LogP contribution in [-0.2, 0) is 4.74 Å². The molecule has 6 heteroatoms. The van der Waals surface area contributed by atoms with Crippen LogP contribution in [0, 0.1) is 6.92 Å². The van der Waals surface area contributed by atoms with Gasteiger partial charge in [0, 0.05) is 6.54 Å². The molecule has 0 amide bonds. The monoisotopic (exact) mass is 288 g/mol. The van der Waals surface area contributed by atoms with Crippen LogP contribution in [-0.4, -0.2) is 35.5 Å². The van der Waals surface area contributed by atoms with E-state index in [1.165, 1.54) is 23.7 Å². The number of carbonyl (C=O) groups excluding carboxylic acids is 1. The summed E-state index contributed by atoms with van der Waals surface area (Å²) in [6.45, 7) is 4.90. The predicted molar refractivity (Wildman–Crippen MR) is 78.9 cm³/mol. The minimum Gasteiger partial charge on any atom is -0.462 e. The molecule has 0 radical (unpaired) electrons. The Kier molecular flexibility index (Phi) is 7.12. The van der Waals surface area contributed by atoms with E-state index in [0.29, 0.717) is 12.2 Å². The molecule has 1 rings (SSSR count). The van der Waals surface area contributed by atoms with Gasteiger partial charge in [0.25, 0.3) is 0 Å². The molecular formula is C12H20N2O2S2. The van der Waals surface area contributed by atoms with Crippen LogP contribution in [0.2, 0.25) is 0 Å². The van der Waals surface area contributed by atoms with Gasteiger partial charge in [-0.05, 0) is 50.2 Å². The van der Waals surface area contributed by atoms with Gasteiger partial charge in [-0.25, -0.2) is 4.79 Å². The molecular weight excluding hydrogens is 268 g/mol. The number of rotatable bonds is 8. The number of aromatic nitrogens is 1. The molecule has 0 aliphatic rings. The number of ether oxygens (including phenoxy) is 1. The lowest BCUT2D eigenvalue weighted by Crippen LogP contribution is -2.10. The minimum absolute atomic E-state index is 0.282. The van der Waals surface area contributed by atoms with Gasteiger partial charge in [0.05, 0.1) is 12.3 Å². The fourth-order valence-corrected chi connectivity index (χ4v) is 2.81. The van der Waals surface area contributed by atoms with Crippen LogP contribution in [0.5, 0.6) is 0 Å². The normalized spacial score (nSPS) is 10.4. The number of thioether (sulfide) groups is 1. The maximum Gasteiger partial charge on any atom is 0.343 e. The standard InChI is InChI=1S/C12H20N2O2S2/c1-4-16-12(15)10-9(2)14-18-11(10)13-7-5-6-8-17-3/h13H,4-8H2,1-3H3. The van der Waals surface area contributed by atoms with E-state index in [4.69, 9.17) is 4.74 Å². The van der Waals surface area contributed by atoms with Gasteiger partial charge >= 0.3 is 5.97 Å². The highest BCUT2D eigenvalue weighted by Gasteiger charge is 2.18. The molecule has 0 spiro atoms. The van der Waals surface area contributed by atoms with Crippen molar-refractivity contribution in [2.45, 2.75) is 26.7 Å². The summed E-state index contributed by atoms with van der Waals surface area (Å²) in [7, 11) is 0. The van der Waals surface area contributed by atoms with Crippen molar-refractivity contribution in [2.24, 2.45) is 0 Å². The number of nitrogens with one attached hydrogen (secondary N) is 1. The van der Waals surface area contributed by atoms with Crippen LogP contribution in [0.3, 0.4) is 0 Å². The number of hydrogen-bond donors (Lipinski definition) is 1. The summed E-state index contributed by atoms with van der Waals surface area (Å²) in [4.78, 5) is 11.8. The van der Waals surface area contributed by atoms with Crippen LogP contribution in [0.1, 0.15) is 35.8 Å². The fraction of sp³-hybridized carbons (Fsp3) is 0.667. The first-order chi connectivity index (χ1) is 8.70. The lowest BCUT2D eigenvalue weighted by Gasteiger charge is -2.06. The van der Waals surface area contributed by atoms with E-state index in [1.54, 1.807) is 0 Å². The van der Waals surface area contributed by atoms with E-state index >= 15 is 0 Å². The Hall–Kier alpha value is -0.750. The van der Waals surface area contributed by atoms with Gasteiger partial charge in [-0.1, -0.05) is 0 Å². The van der Waals surface area contributed by atoms with Crippen LogP contribution >= 0.6 is 23.3 Å². The molecule has 0 aliphatic heterocycles. The summed E-state index contributed by atoms with van der Waals surface area (Å²) in [6.07, 6.45) is 4.39. The summed E-state index contributed by atoms with van der Waals surface area (Å²) < 4.78 is 9.25. The Morgan fingerprint density at radius 2 is 2.28 bits per heavy atom. The van der Waals surface area contributed by atoms with E-state index in [-0.39, 0.29) is 5.97 Å². The van der Waals surface area contributed by atoms with E-state index < -0.39 is 0 Å². The number of nitrogens with zero attached hydrogens (tertiary/aromatic N) is 1. The molecule has 0 saturated heterocycles. The molecule has 1 aromatic heterocycles. The number of aryl methyl sites for hydroxylation is 1. The maximum absolute atomic E-state index is 11.8. The lowest BCUT2D eigenvalue weighted by atomic mass is 10.2. The van der Waals surface area contributed by atoms with Gasteiger partial charge in [-0.15, -0.1) is 0 Å². The average molecular weight is 288 g/mol. The molecule has 0 atom stereocenters. The van der Waals surface area contributed by atoms with E-state index in [1.807, 2.05) is 25.6 Å². The molecule has 0 bridgehead atoms. The van der Waals surface area contributed by atoms with Crippen molar-refractivity contribution in [3.8, 4) is 0 Å². The van der Waals surface area contributed by atoms with Gasteiger partial charge in [0.2, 0.25) is 0 Å². The Morgan fingerprint density at radius 3 is 2.94 bits per heavy atom. The van der Waals surface area contributed by atoms with Crippen LogP contribution in [0.4, 0.5) is 5.00 Å². The average Bonchev–Trinajstić information content (AvgIpc) is 2.71. The molecule has 0 aliphatic carbocycles. The third-order valence-electron chi connectivity index (χ3n) is 2.40. The quantitative estimate of drug-likeness (QED) is 0.588. The van der Waals surface area contributed by atoms with Crippen LogP contribution in [0.15, 0.2) is 0 Å². The third-order valence-corrected chi connectivity index (χ3v) is 4.00. The van der Waals surface area contributed by atoms with Crippen LogP contribution in [0.25, 0.3) is 0 Å². The Morgan fingerprint density at radius 1 is 1.50 bits per heavy atom. The van der Waals surface area contributed by atoms with Gasteiger partial charge < -0.3 is 10.1 Å². The summed E-state index contributed by atoms with van der Waals surface area (Å²) in [5, 5.41) is 4.11. The van der Waals surface area contributed by atoms with Crippen molar-refractivity contribution in [1.29, 1.82) is 0 Å². The highest BCUT2D eigenvalue weighted by atomic mass is 32.2. The molecule has 4 nitrogen and oxygen atoms in total. The molecule has 102 valence electrons. The highest BCUT2D eigenvalue weighted by molar-refractivity contribution is 7.98. The van der Waals surface area contributed by atoms with Crippen LogP contribution < -0.4 is 5.32 Å². The third kappa shape index (κ3) is 4.49. The number of anilines is 1. The molecule has 1 N–H and O–H groups in total. The van der Waals surface area contributed by atoms with Crippen molar-refractivity contribution in [3.05, 3.63) is 11.3 Å². The summed E-state index contributed by atoms with van der Waals surface area (Å²) in [5.41, 5.74) is 1.33. The Bertz CT molecular complexity index is 380. The van der Waals surface area contributed by atoms with Gasteiger partial charge in [0.15, 0.2) is 0 Å². The molecule has 0 fully saturated rings. The molecule has 1 heterocycles. The zero-order valence-electron chi connectivity index (χ0n) is 11.1. The summed E-state index contributed by atoms with van der Waals surface area (Å²) >= 11 is 3.18.